The van der Waals surface area contributed by atoms with Gasteiger partial charge in [-0.1, -0.05) is 53.3 Å². The molecule has 1 unspecified atom stereocenters. The van der Waals surface area contributed by atoms with E-state index >= 15 is 0 Å². The molecule has 0 radical (unpaired) electrons. The maximum absolute atomic E-state index is 6.22. The van der Waals surface area contributed by atoms with Crippen LogP contribution in [-0.2, 0) is 17.7 Å². The summed E-state index contributed by atoms with van der Waals surface area (Å²) in [5.74, 6) is 1.72. The lowest BCUT2D eigenvalue weighted by molar-refractivity contribution is 0.281. The van der Waals surface area contributed by atoms with E-state index in [1.807, 2.05) is 24.1 Å². The van der Waals surface area contributed by atoms with Crippen LogP contribution in [0.15, 0.2) is 30.3 Å². The first-order valence-electron chi connectivity index (χ1n) is 11.0. The molecule has 29 heavy (non-hydrogen) atoms. The summed E-state index contributed by atoms with van der Waals surface area (Å²) in [7, 11) is 0. The van der Waals surface area contributed by atoms with Crippen LogP contribution in [0.1, 0.15) is 72.3 Å². The van der Waals surface area contributed by atoms with Crippen molar-refractivity contribution in [3.8, 4) is 0 Å². The van der Waals surface area contributed by atoms with Gasteiger partial charge in [0.05, 0.1) is 10.0 Å². The first kappa shape index (κ1) is 19.0. The number of hydrogen-bond acceptors (Lipinski definition) is 2. The average molecular weight is 444 g/mol. The molecule has 2 saturated carbocycles. The number of fused-ring (bicyclic) bond motifs is 2. The number of aryl methyl sites for hydroxylation is 1. The minimum atomic E-state index is 0.557. The fourth-order valence-electron chi connectivity index (χ4n) is 6.50. The van der Waals surface area contributed by atoms with Gasteiger partial charge in [0.1, 0.15) is 0 Å². The van der Waals surface area contributed by atoms with Crippen molar-refractivity contribution in [2.75, 3.05) is 6.54 Å². The molecule has 2 aromatic carbocycles. The van der Waals surface area contributed by atoms with E-state index in [1.165, 1.54) is 50.6 Å². The Morgan fingerprint density at radius 3 is 2.62 bits per heavy atom. The molecule has 6 rings (SSSR count). The standard InChI is InChI=1S/C25H27Cl2NS/c1-16-2-4-19-14-28(29-15-17-3-5-20(26)21(27)12-17)11-6-18-13-24(7-8-24)25(9-10-25)23(16)22(18)19/h2-5,12,18H,6-11,13-15H2,1H3. The number of nitrogens with zero attached hydrogens (tertiary/aromatic N) is 1. The molecule has 0 amide bonds. The summed E-state index contributed by atoms with van der Waals surface area (Å²) in [6, 6.07) is 10.9. The second kappa shape index (κ2) is 6.66. The summed E-state index contributed by atoms with van der Waals surface area (Å²) in [6.45, 7) is 4.61. The van der Waals surface area contributed by atoms with E-state index in [1.54, 1.807) is 22.3 Å². The SMILES string of the molecule is Cc1ccc2c3c1C1(CC1)C1(CC1)CC3CCN(SCc1ccc(Cl)c(Cl)c1)C2. The van der Waals surface area contributed by atoms with Crippen LogP contribution >= 0.6 is 35.1 Å². The van der Waals surface area contributed by atoms with Gasteiger partial charge in [-0.15, -0.1) is 0 Å². The third kappa shape index (κ3) is 2.93. The molecule has 2 fully saturated rings. The molecule has 0 bridgehead atoms. The number of benzene rings is 2. The van der Waals surface area contributed by atoms with Crippen LogP contribution in [0.5, 0.6) is 0 Å². The molecule has 2 aromatic rings. The van der Waals surface area contributed by atoms with Crippen molar-refractivity contribution in [3.05, 3.63) is 68.2 Å². The minimum Gasteiger partial charge on any atom is -0.246 e. The summed E-state index contributed by atoms with van der Waals surface area (Å²) in [4.78, 5) is 0. The fourth-order valence-corrected chi connectivity index (χ4v) is 7.80. The van der Waals surface area contributed by atoms with E-state index in [4.69, 9.17) is 23.2 Å². The molecular weight excluding hydrogens is 417 g/mol. The van der Waals surface area contributed by atoms with Gasteiger partial charge in [0.15, 0.2) is 0 Å². The Balaban J connectivity index is 1.29. The molecular formula is C25H27Cl2NS. The van der Waals surface area contributed by atoms with Crippen LogP contribution in [0.2, 0.25) is 10.0 Å². The number of halogens is 2. The van der Waals surface area contributed by atoms with Gasteiger partial charge in [0, 0.05) is 24.3 Å². The first-order chi connectivity index (χ1) is 14.0. The molecule has 152 valence electrons. The molecule has 1 aliphatic heterocycles. The van der Waals surface area contributed by atoms with Crippen LogP contribution < -0.4 is 0 Å². The van der Waals surface area contributed by atoms with E-state index in [2.05, 4.69) is 29.4 Å². The van der Waals surface area contributed by atoms with Gasteiger partial charge >= 0.3 is 0 Å². The van der Waals surface area contributed by atoms with Crippen molar-refractivity contribution in [1.29, 1.82) is 0 Å². The second-order valence-corrected chi connectivity index (χ2v) is 11.6. The number of rotatable bonds is 3. The van der Waals surface area contributed by atoms with E-state index in [0.29, 0.717) is 20.9 Å². The maximum atomic E-state index is 6.22. The molecule has 4 heteroatoms. The Labute approximate surface area is 188 Å². The maximum Gasteiger partial charge on any atom is 0.0595 e. The fraction of sp³-hybridized carbons (Fsp3) is 0.520. The molecule has 1 nitrogen and oxygen atoms in total. The lowest BCUT2D eigenvalue weighted by atomic mass is 9.63. The van der Waals surface area contributed by atoms with Gasteiger partial charge < -0.3 is 0 Å². The lowest BCUT2D eigenvalue weighted by Crippen LogP contribution is -2.33. The van der Waals surface area contributed by atoms with Crippen LogP contribution in [-0.4, -0.2) is 10.8 Å². The van der Waals surface area contributed by atoms with E-state index in [0.717, 1.165) is 18.2 Å². The number of hydrogen-bond donors (Lipinski definition) is 0. The van der Waals surface area contributed by atoms with Gasteiger partial charge in [-0.25, -0.2) is 4.31 Å². The summed E-state index contributed by atoms with van der Waals surface area (Å²) < 4.78 is 2.59. The Bertz CT molecular complexity index is 993. The highest BCUT2D eigenvalue weighted by atomic mass is 35.5. The third-order valence-corrected chi connectivity index (χ3v) is 10.0. The zero-order valence-electron chi connectivity index (χ0n) is 16.9. The molecule has 0 aromatic heterocycles. The predicted octanol–water partition coefficient (Wildman–Crippen LogP) is 7.66. The average Bonchev–Trinajstić information content (AvgIpc) is 3.60. The summed E-state index contributed by atoms with van der Waals surface area (Å²) in [5.41, 5.74) is 9.18. The molecule has 1 heterocycles. The third-order valence-electron chi connectivity index (χ3n) is 8.16. The van der Waals surface area contributed by atoms with Crippen molar-refractivity contribution >= 4 is 35.1 Å². The highest BCUT2D eigenvalue weighted by Crippen LogP contribution is 2.77. The molecule has 1 atom stereocenters. The Kier molecular flexibility index (Phi) is 4.38. The summed E-state index contributed by atoms with van der Waals surface area (Å²) in [5, 5.41) is 1.29. The van der Waals surface area contributed by atoms with Gasteiger partial charge in [-0.05, 0) is 96.7 Å². The van der Waals surface area contributed by atoms with Crippen LogP contribution in [0.3, 0.4) is 0 Å². The van der Waals surface area contributed by atoms with E-state index in [-0.39, 0.29) is 0 Å². The van der Waals surface area contributed by atoms with Gasteiger partial charge in [-0.3, -0.25) is 0 Å². The monoisotopic (exact) mass is 443 g/mol. The first-order valence-corrected chi connectivity index (χ1v) is 12.7. The van der Waals surface area contributed by atoms with Crippen molar-refractivity contribution < 1.29 is 0 Å². The second-order valence-electron chi connectivity index (χ2n) is 9.77. The summed E-state index contributed by atoms with van der Waals surface area (Å²) in [6.07, 6.45) is 8.57. The molecule has 0 saturated heterocycles. The molecule has 2 spiro atoms. The van der Waals surface area contributed by atoms with Gasteiger partial charge in [0.25, 0.3) is 0 Å². The van der Waals surface area contributed by atoms with Crippen LogP contribution in [0.4, 0.5) is 0 Å². The van der Waals surface area contributed by atoms with Crippen molar-refractivity contribution in [2.24, 2.45) is 5.41 Å². The Morgan fingerprint density at radius 2 is 1.90 bits per heavy atom. The largest absolute Gasteiger partial charge is 0.246 e. The predicted molar refractivity (Wildman–Crippen MR) is 124 cm³/mol. The zero-order chi connectivity index (χ0) is 19.8. The quantitative estimate of drug-likeness (QED) is 0.447. The van der Waals surface area contributed by atoms with Gasteiger partial charge in [-0.2, -0.15) is 0 Å². The Hall–Kier alpha value is -0.670. The van der Waals surface area contributed by atoms with Crippen LogP contribution in [0, 0.1) is 12.3 Å². The lowest BCUT2D eigenvalue weighted by Gasteiger charge is -2.41. The Morgan fingerprint density at radius 1 is 1.07 bits per heavy atom. The topological polar surface area (TPSA) is 3.24 Å². The molecule has 0 N–H and O–H groups in total. The molecule has 4 aliphatic rings. The highest BCUT2D eigenvalue weighted by Gasteiger charge is 2.69. The van der Waals surface area contributed by atoms with Crippen LogP contribution in [0.25, 0.3) is 0 Å². The van der Waals surface area contributed by atoms with Gasteiger partial charge in [0.2, 0.25) is 0 Å². The van der Waals surface area contributed by atoms with Crippen molar-refractivity contribution in [1.82, 2.24) is 4.31 Å². The van der Waals surface area contributed by atoms with E-state index < -0.39 is 0 Å². The normalized spacial score (nSPS) is 25.7. The summed E-state index contributed by atoms with van der Waals surface area (Å²) >= 11 is 14.2. The van der Waals surface area contributed by atoms with Crippen molar-refractivity contribution in [3.63, 3.8) is 0 Å². The zero-order valence-corrected chi connectivity index (χ0v) is 19.3. The van der Waals surface area contributed by atoms with E-state index in [9.17, 15) is 0 Å². The minimum absolute atomic E-state index is 0.557. The van der Waals surface area contributed by atoms with Crippen molar-refractivity contribution in [2.45, 2.75) is 69.1 Å². The highest BCUT2D eigenvalue weighted by molar-refractivity contribution is 7.96. The smallest absolute Gasteiger partial charge is 0.0595 e. The molecule has 3 aliphatic carbocycles.